The first kappa shape index (κ1) is 19.3. The van der Waals surface area contributed by atoms with Gasteiger partial charge in [0.25, 0.3) is 11.6 Å². The van der Waals surface area contributed by atoms with Crippen molar-refractivity contribution in [2.75, 3.05) is 0 Å². The van der Waals surface area contributed by atoms with E-state index in [2.05, 4.69) is 10.1 Å². The van der Waals surface area contributed by atoms with Gasteiger partial charge in [0.1, 0.15) is 11.3 Å². The van der Waals surface area contributed by atoms with E-state index in [1.165, 1.54) is 18.2 Å². The molecule has 0 atom stereocenters. The molecule has 9 heteroatoms. The average molecular weight is 407 g/mol. The first-order chi connectivity index (χ1) is 14.4. The van der Waals surface area contributed by atoms with Crippen LogP contribution in [0.25, 0.3) is 22.1 Å². The maximum absolute atomic E-state index is 12.1. The molecule has 0 N–H and O–H groups in total. The van der Waals surface area contributed by atoms with E-state index in [0.717, 1.165) is 0 Å². The van der Waals surface area contributed by atoms with Crippen LogP contribution in [0.1, 0.15) is 31.5 Å². The number of nitro benzene ring substituents is 1. The molecule has 2 heterocycles. The van der Waals surface area contributed by atoms with Gasteiger partial charge in [0.15, 0.2) is 12.4 Å². The van der Waals surface area contributed by atoms with Gasteiger partial charge in [0.05, 0.1) is 4.92 Å². The fourth-order valence-electron chi connectivity index (χ4n) is 2.94. The fraction of sp³-hybridized carbons (Fsp3) is 0.190. The van der Waals surface area contributed by atoms with Crippen LogP contribution >= 0.6 is 0 Å². The van der Waals surface area contributed by atoms with E-state index in [-0.39, 0.29) is 18.2 Å². The summed E-state index contributed by atoms with van der Waals surface area (Å²) in [4.78, 5) is 26.7. The van der Waals surface area contributed by atoms with Gasteiger partial charge in [-0.05, 0) is 35.4 Å². The molecule has 0 amide bonds. The zero-order valence-electron chi connectivity index (χ0n) is 16.2. The van der Waals surface area contributed by atoms with Crippen molar-refractivity contribution >= 4 is 16.7 Å². The van der Waals surface area contributed by atoms with E-state index >= 15 is 0 Å². The zero-order chi connectivity index (χ0) is 21.3. The molecule has 0 fully saturated rings. The fourth-order valence-corrected chi connectivity index (χ4v) is 2.94. The van der Waals surface area contributed by atoms with E-state index in [1.54, 1.807) is 30.3 Å². The summed E-state index contributed by atoms with van der Waals surface area (Å²) in [5, 5.41) is 15.4. The lowest BCUT2D eigenvalue weighted by Gasteiger charge is -2.08. The largest absolute Gasteiger partial charge is 0.484 e. The SMILES string of the molecule is CC(C)c1noc(COc2ccc3c(-c4ccc([N+](=O)[O-])cc4)cc(=O)oc3c2)n1. The molecule has 0 saturated carbocycles. The Morgan fingerprint density at radius 1 is 1.13 bits per heavy atom. The van der Waals surface area contributed by atoms with Gasteiger partial charge in [0.2, 0.25) is 0 Å². The first-order valence-electron chi connectivity index (χ1n) is 9.19. The van der Waals surface area contributed by atoms with Crippen LogP contribution in [0.3, 0.4) is 0 Å². The third-order valence-corrected chi connectivity index (χ3v) is 4.47. The van der Waals surface area contributed by atoms with Gasteiger partial charge in [-0.15, -0.1) is 0 Å². The van der Waals surface area contributed by atoms with Crippen LogP contribution in [0.2, 0.25) is 0 Å². The maximum atomic E-state index is 12.1. The topological polar surface area (TPSA) is 122 Å². The van der Waals surface area contributed by atoms with Crippen molar-refractivity contribution in [1.29, 1.82) is 0 Å². The smallest absolute Gasteiger partial charge is 0.336 e. The average Bonchev–Trinajstić information content (AvgIpc) is 3.21. The highest BCUT2D eigenvalue weighted by molar-refractivity contribution is 5.93. The van der Waals surface area contributed by atoms with Crippen LogP contribution in [0, 0.1) is 10.1 Å². The number of rotatable bonds is 6. The number of ether oxygens (including phenoxy) is 1. The first-order valence-corrected chi connectivity index (χ1v) is 9.19. The normalized spacial score (nSPS) is 11.2. The number of nitro groups is 1. The third kappa shape index (κ3) is 3.90. The lowest BCUT2D eigenvalue weighted by molar-refractivity contribution is -0.384. The van der Waals surface area contributed by atoms with Crippen molar-refractivity contribution in [1.82, 2.24) is 10.1 Å². The minimum atomic E-state index is -0.536. The molecule has 0 aliphatic heterocycles. The summed E-state index contributed by atoms with van der Waals surface area (Å²) in [6.45, 7) is 4.00. The number of benzene rings is 2. The summed E-state index contributed by atoms with van der Waals surface area (Å²) >= 11 is 0. The van der Waals surface area contributed by atoms with Gasteiger partial charge in [-0.1, -0.05) is 19.0 Å². The van der Waals surface area contributed by atoms with Crippen LogP contribution in [-0.2, 0) is 6.61 Å². The van der Waals surface area contributed by atoms with Crippen molar-refractivity contribution in [3.8, 4) is 16.9 Å². The molecular weight excluding hydrogens is 390 g/mol. The Kier molecular flexibility index (Phi) is 5.01. The van der Waals surface area contributed by atoms with Gasteiger partial charge in [-0.2, -0.15) is 4.98 Å². The van der Waals surface area contributed by atoms with Crippen molar-refractivity contribution < 1.29 is 18.6 Å². The monoisotopic (exact) mass is 407 g/mol. The van der Waals surface area contributed by atoms with Crippen LogP contribution in [0.5, 0.6) is 5.75 Å². The zero-order valence-corrected chi connectivity index (χ0v) is 16.2. The number of non-ortho nitro benzene ring substituents is 1. The van der Waals surface area contributed by atoms with Gasteiger partial charge >= 0.3 is 5.63 Å². The van der Waals surface area contributed by atoms with Crippen molar-refractivity contribution in [2.45, 2.75) is 26.4 Å². The molecule has 30 heavy (non-hydrogen) atoms. The van der Waals surface area contributed by atoms with Crippen molar-refractivity contribution in [2.24, 2.45) is 0 Å². The molecule has 2 aromatic heterocycles. The molecule has 4 rings (SSSR count). The van der Waals surface area contributed by atoms with Crippen LogP contribution < -0.4 is 10.4 Å². The summed E-state index contributed by atoms with van der Waals surface area (Å²) in [5.41, 5.74) is 1.05. The highest BCUT2D eigenvalue weighted by atomic mass is 16.6. The second-order valence-corrected chi connectivity index (χ2v) is 6.93. The molecule has 9 nitrogen and oxygen atoms in total. The quantitative estimate of drug-likeness (QED) is 0.261. The number of aromatic nitrogens is 2. The predicted molar refractivity (Wildman–Crippen MR) is 107 cm³/mol. The maximum Gasteiger partial charge on any atom is 0.336 e. The van der Waals surface area contributed by atoms with Gasteiger partial charge in [-0.3, -0.25) is 10.1 Å². The lowest BCUT2D eigenvalue weighted by Crippen LogP contribution is -2.00. The summed E-state index contributed by atoms with van der Waals surface area (Å²) in [5.74, 6) is 1.57. The summed E-state index contributed by atoms with van der Waals surface area (Å²) in [7, 11) is 0. The molecule has 0 aliphatic carbocycles. The predicted octanol–water partition coefficient (Wildman–Crippen LogP) is 4.45. The van der Waals surface area contributed by atoms with Crippen LogP contribution in [0.4, 0.5) is 5.69 Å². The number of hydrogen-bond donors (Lipinski definition) is 0. The highest BCUT2D eigenvalue weighted by Gasteiger charge is 2.13. The Bertz CT molecular complexity index is 1270. The Morgan fingerprint density at radius 2 is 1.90 bits per heavy atom. The number of fused-ring (bicyclic) bond motifs is 1. The van der Waals surface area contributed by atoms with E-state index in [9.17, 15) is 14.9 Å². The molecule has 152 valence electrons. The van der Waals surface area contributed by atoms with Gasteiger partial charge in [0, 0.05) is 35.6 Å². The van der Waals surface area contributed by atoms with Crippen LogP contribution in [0.15, 0.2) is 62.3 Å². The second kappa shape index (κ2) is 7.78. The van der Waals surface area contributed by atoms with E-state index in [0.29, 0.717) is 39.6 Å². The Hall–Kier alpha value is -4.01. The Balaban J connectivity index is 1.63. The molecule has 0 radical (unpaired) electrons. The standard InChI is InChI=1S/C21H17N3O6/c1-12(2)21-22-19(30-23-21)11-28-15-7-8-16-17(10-20(25)29-18(16)9-15)13-3-5-14(6-4-13)24(26)27/h3-10,12H,11H2,1-2H3. The minimum Gasteiger partial charge on any atom is -0.484 e. The molecule has 0 unspecified atom stereocenters. The summed E-state index contributed by atoms with van der Waals surface area (Å²) in [6, 6.07) is 12.4. The summed E-state index contributed by atoms with van der Waals surface area (Å²) < 4.78 is 16.2. The molecule has 4 aromatic rings. The highest BCUT2D eigenvalue weighted by Crippen LogP contribution is 2.31. The Morgan fingerprint density at radius 3 is 2.57 bits per heavy atom. The van der Waals surface area contributed by atoms with E-state index in [1.807, 2.05) is 13.8 Å². The van der Waals surface area contributed by atoms with Crippen molar-refractivity contribution in [3.63, 3.8) is 0 Å². The molecular formula is C21H17N3O6. The van der Waals surface area contributed by atoms with Gasteiger partial charge < -0.3 is 13.7 Å². The van der Waals surface area contributed by atoms with Crippen molar-refractivity contribution in [3.05, 3.63) is 80.8 Å². The molecule has 0 bridgehead atoms. The molecule has 2 aromatic carbocycles. The third-order valence-electron chi connectivity index (χ3n) is 4.47. The second-order valence-electron chi connectivity index (χ2n) is 6.93. The minimum absolute atomic E-state index is 0.0247. The summed E-state index contributed by atoms with van der Waals surface area (Å²) in [6.07, 6.45) is 0. The number of nitrogens with zero attached hydrogens (tertiary/aromatic N) is 3. The number of hydrogen-bond acceptors (Lipinski definition) is 8. The van der Waals surface area contributed by atoms with E-state index < -0.39 is 10.5 Å². The Labute approximate surface area is 170 Å². The molecule has 0 aliphatic rings. The van der Waals surface area contributed by atoms with Gasteiger partial charge in [-0.25, -0.2) is 4.79 Å². The molecule has 0 saturated heterocycles. The van der Waals surface area contributed by atoms with E-state index in [4.69, 9.17) is 13.7 Å². The van der Waals surface area contributed by atoms with Crippen LogP contribution in [-0.4, -0.2) is 15.1 Å². The molecule has 0 spiro atoms. The lowest BCUT2D eigenvalue weighted by atomic mass is 10.0.